The Morgan fingerprint density at radius 3 is 2.65 bits per heavy atom. The third-order valence-electron chi connectivity index (χ3n) is 3.03. The summed E-state index contributed by atoms with van der Waals surface area (Å²) in [7, 11) is -1.31. The van der Waals surface area contributed by atoms with Crippen molar-refractivity contribution in [1.82, 2.24) is 5.32 Å². The van der Waals surface area contributed by atoms with Gasteiger partial charge >= 0.3 is 0 Å². The van der Waals surface area contributed by atoms with Crippen LogP contribution in [0.25, 0.3) is 0 Å². The van der Waals surface area contributed by atoms with Crippen LogP contribution in [0.4, 0.5) is 0 Å². The molecular weight excluding hydrogens is 298 g/mol. The van der Waals surface area contributed by atoms with Crippen LogP contribution in [0.1, 0.15) is 31.4 Å². The highest BCUT2D eigenvalue weighted by atomic mass is 35.5. The van der Waals surface area contributed by atoms with Crippen molar-refractivity contribution < 1.29 is 13.2 Å². The highest BCUT2D eigenvalue weighted by molar-refractivity contribution is 7.90. The Balaban J connectivity index is 2.84. The summed E-state index contributed by atoms with van der Waals surface area (Å²) < 4.78 is 27.8. The molecule has 0 aliphatic rings. The van der Waals surface area contributed by atoms with E-state index >= 15 is 0 Å². The molecule has 20 heavy (non-hydrogen) atoms. The zero-order valence-electron chi connectivity index (χ0n) is 12.1. The number of benzene rings is 1. The summed E-state index contributed by atoms with van der Waals surface area (Å²) in [6, 6.07) is 5.58. The summed E-state index contributed by atoms with van der Waals surface area (Å²) in [4.78, 5) is 0. The quantitative estimate of drug-likeness (QED) is 0.800. The number of methoxy groups -OCH3 is 1. The van der Waals surface area contributed by atoms with Gasteiger partial charge in [-0.05, 0) is 31.5 Å². The molecule has 0 fully saturated rings. The second-order valence-electron chi connectivity index (χ2n) is 4.77. The van der Waals surface area contributed by atoms with Crippen LogP contribution in [0.5, 0.6) is 5.75 Å². The fourth-order valence-corrected chi connectivity index (χ4v) is 2.99. The van der Waals surface area contributed by atoms with Crippen LogP contribution in [0.15, 0.2) is 18.2 Å². The van der Waals surface area contributed by atoms with Crippen molar-refractivity contribution in [3.05, 3.63) is 28.8 Å². The van der Waals surface area contributed by atoms with Crippen molar-refractivity contribution in [2.75, 3.05) is 25.7 Å². The van der Waals surface area contributed by atoms with Crippen molar-refractivity contribution in [2.24, 2.45) is 0 Å². The van der Waals surface area contributed by atoms with Gasteiger partial charge in [0.25, 0.3) is 0 Å². The number of nitrogens with one attached hydrogen (secondary N) is 1. The van der Waals surface area contributed by atoms with Crippen molar-refractivity contribution in [3.63, 3.8) is 0 Å². The van der Waals surface area contributed by atoms with Crippen LogP contribution in [-0.4, -0.2) is 34.1 Å². The summed E-state index contributed by atoms with van der Waals surface area (Å²) in [5, 5.41) is 3.98. The number of hydrogen-bond acceptors (Lipinski definition) is 4. The molecule has 0 spiro atoms. The average molecular weight is 320 g/mol. The predicted molar refractivity (Wildman–Crippen MR) is 83.4 cm³/mol. The molecule has 1 N–H and O–H groups in total. The van der Waals surface area contributed by atoms with Crippen LogP contribution in [-0.2, 0) is 9.84 Å². The van der Waals surface area contributed by atoms with Crippen molar-refractivity contribution in [2.45, 2.75) is 25.8 Å². The third-order valence-corrected chi connectivity index (χ3v) is 4.29. The largest absolute Gasteiger partial charge is 0.496 e. The van der Waals surface area contributed by atoms with Gasteiger partial charge in [-0.25, -0.2) is 8.42 Å². The first-order chi connectivity index (χ1) is 9.37. The van der Waals surface area contributed by atoms with Gasteiger partial charge in [-0.3, -0.25) is 0 Å². The molecule has 0 saturated heterocycles. The summed E-state index contributed by atoms with van der Waals surface area (Å²) in [5.41, 5.74) is 1.01. The second-order valence-corrected chi connectivity index (χ2v) is 7.46. The molecule has 0 aromatic heterocycles. The van der Waals surface area contributed by atoms with E-state index in [2.05, 4.69) is 5.32 Å². The predicted octanol–water partition coefficient (Wildman–Crippen LogP) is 2.82. The number of rotatable bonds is 8. The van der Waals surface area contributed by atoms with Crippen LogP contribution in [0, 0.1) is 0 Å². The Morgan fingerprint density at radius 2 is 2.10 bits per heavy atom. The van der Waals surface area contributed by atoms with E-state index in [1.165, 1.54) is 6.26 Å². The maximum atomic E-state index is 11.2. The van der Waals surface area contributed by atoms with Crippen molar-refractivity contribution >= 4 is 21.4 Å². The molecule has 0 heterocycles. The molecule has 4 nitrogen and oxygen atoms in total. The molecule has 0 saturated carbocycles. The fraction of sp³-hybridized carbons (Fsp3) is 0.571. The number of ether oxygens (including phenoxy) is 1. The van der Waals surface area contributed by atoms with Gasteiger partial charge in [0.05, 0.1) is 7.11 Å². The fourth-order valence-electron chi connectivity index (χ4n) is 2.14. The topological polar surface area (TPSA) is 55.4 Å². The first-order valence-corrected chi connectivity index (χ1v) is 9.05. The van der Waals surface area contributed by atoms with Gasteiger partial charge in [0.2, 0.25) is 0 Å². The Morgan fingerprint density at radius 1 is 1.40 bits per heavy atom. The van der Waals surface area contributed by atoms with E-state index in [0.717, 1.165) is 24.3 Å². The minimum atomic E-state index is -2.92. The summed E-state index contributed by atoms with van der Waals surface area (Å²) in [6.07, 6.45) is 2.61. The zero-order valence-corrected chi connectivity index (χ0v) is 13.7. The molecule has 1 rings (SSSR count). The van der Waals surface area contributed by atoms with Crippen LogP contribution >= 0.6 is 11.6 Å². The molecular formula is C14H22ClNO3S. The Bertz CT molecular complexity index is 531. The second kappa shape index (κ2) is 7.86. The maximum Gasteiger partial charge on any atom is 0.147 e. The van der Waals surface area contributed by atoms with E-state index in [1.54, 1.807) is 13.2 Å². The van der Waals surface area contributed by atoms with Gasteiger partial charge in [-0.15, -0.1) is 0 Å². The first kappa shape index (κ1) is 17.3. The molecule has 0 amide bonds. The van der Waals surface area contributed by atoms with E-state index in [-0.39, 0.29) is 11.8 Å². The standard InChI is InChI=1S/C14H22ClNO3S/c1-4-16-13(6-5-9-20(3,17)18)12-8-7-11(15)10-14(12)19-2/h7-8,10,13,16H,4-6,9H2,1-3H3. The first-order valence-electron chi connectivity index (χ1n) is 6.62. The SMILES string of the molecule is CCNC(CCCS(C)(=O)=O)c1ccc(Cl)cc1OC. The van der Waals surface area contributed by atoms with Crippen molar-refractivity contribution in [3.8, 4) is 5.75 Å². The number of sulfone groups is 1. The monoisotopic (exact) mass is 319 g/mol. The third kappa shape index (κ3) is 5.69. The molecule has 6 heteroatoms. The van der Waals surface area contributed by atoms with E-state index in [1.807, 2.05) is 19.1 Å². The molecule has 1 atom stereocenters. The Hall–Kier alpha value is -0.780. The van der Waals surface area contributed by atoms with Gasteiger partial charge < -0.3 is 10.1 Å². The van der Waals surface area contributed by atoms with Crippen LogP contribution < -0.4 is 10.1 Å². The molecule has 1 aromatic carbocycles. The molecule has 0 radical (unpaired) electrons. The maximum absolute atomic E-state index is 11.2. The van der Waals surface area contributed by atoms with E-state index < -0.39 is 9.84 Å². The minimum absolute atomic E-state index is 0.0639. The van der Waals surface area contributed by atoms with Crippen molar-refractivity contribution in [1.29, 1.82) is 0 Å². The molecule has 0 bridgehead atoms. The van der Waals surface area contributed by atoms with E-state index in [9.17, 15) is 8.42 Å². The van der Waals surface area contributed by atoms with Gasteiger partial charge in [0.1, 0.15) is 15.6 Å². The van der Waals surface area contributed by atoms with Gasteiger partial charge in [0.15, 0.2) is 0 Å². The molecule has 1 aromatic rings. The van der Waals surface area contributed by atoms with Gasteiger partial charge in [0, 0.05) is 28.6 Å². The lowest BCUT2D eigenvalue weighted by molar-refractivity contribution is 0.395. The summed E-state index contributed by atoms with van der Waals surface area (Å²) in [6.45, 7) is 2.82. The Labute approximate surface area is 126 Å². The molecule has 0 aliphatic heterocycles. The van der Waals surface area contributed by atoms with E-state index in [4.69, 9.17) is 16.3 Å². The molecule has 1 unspecified atom stereocenters. The van der Waals surface area contributed by atoms with Crippen LogP contribution in [0.2, 0.25) is 5.02 Å². The molecule has 114 valence electrons. The lowest BCUT2D eigenvalue weighted by atomic mass is 10.0. The highest BCUT2D eigenvalue weighted by Gasteiger charge is 2.16. The lowest BCUT2D eigenvalue weighted by Crippen LogP contribution is -2.22. The average Bonchev–Trinajstić information content (AvgIpc) is 2.36. The molecule has 0 aliphatic carbocycles. The van der Waals surface area contributed by atoms with Gasteiger partial charge in [-0.1, -0.05) is 24.6 Å². The van der Waals surface area contributed by atoms with Gasteiger partial charge in [-0.2, -0.15) is 0 Å². The van der Waals surface area contributed by atoms with Crippen LogP contribution in [0.3, 0.4) is 0 Å². The number of hydrogen-bond donors (Lipinski definition) is 1. The van der Waals surface area contributed by atoms with E-state index in [0.29, 0.717) is 11.4 Å². The normalized spacial score (nSPS) is 13.2. The Kier molecular flexibility index (Phi) is 6.79. The summed E-state index contributed by atoms with van der Waals surface area (Å²) in [5.74, 6) is 0.924. The number of halogens is 1. The smallest absolute Gasteiger partial charge is 0.147 e. The minimum Gasteiger partial charge on any atom is -0.496 e. The highest BCUT2D eigenvalue weighted by Crippen LogP contribution is 2.30. The summed E-state index contributed by atoms with van der Waals surface area (Å²) >= 11 is 5.96. The lowest BCUT2D eigenvalue weighted by Gasteiger charge is -2.20. The zero-order chi connectivity index (χ0) is 15.2.